The number of hydrogen-bond acceptors (Lipinski definition) is 5. The van der Waals surface area contributed by atoms with Crippen molar-refractivity contribution in [3.8, 4) is 11.1 Å². The minimum atomic E-state index is -3.94. The summed E-state index contributed by atoms with van der Waals surface area (Å²) in [6.45, 7) is 3.09. The van der Waals surface area contributed by atoms with Gasteiger partial charge >= 0.3 is 0 Å². The number of piperazine rings is 1. The highest BCUT2D eigenvalue weighted by molar-refractivity contribution is 7.89. The van der Waals surface area contributed by atoms with Crippen molar-refractivity contribution in [2.75, 3.05) is 13.1 Å². The number of carbonyl (C=O) groups excluding carboxylic acids is 2. The number of sulfonamides is 1. The molecule has 2 amide bonds. The Balaban J connectivity index is 1.14. The van der Waals surface area contributed by atoms with Crippen molar-refractivity contribution in [1.29, 1.82) is 0 Å². The van der Waals surface area contributed by atoms with Gasteiger partial charge < -0.3 is 16.0 Å². The van der Waals surface area contributed by atoms with Crippen LogP contribution in [0.2, 0.25) is 0 Å². The first-order chi connectivity index (χ1) is 20.8. The Morgan fingerprint density at radius 1 is 0.977 bits per heavy atom. The lowest BCUT2D eigenvalue weighted by Crippen LogP contribution is -2.58. The van der Waals surface area contributed by atoms with E-state index >= 15 is 0 Å². The molecule has 3 aromatic carbocycles. The van der Waals surface area contributed by atoms with Gasteiger partial charge in [-0.15, -0.1) is 0 Å². The van der Waals surface area contributed by atoms with Gasteiger partial charge in [-0.2, -0.15) is 4.31 Å². The summed E-state index contributed by atoms with van der Waals surface area (Å²) >= 11 is 0. The van der Waals surface area contributed by atoms with Crippen LogP contribution >= 0.6 is 0 Å². The smallest absolute Gasteiger partial charge is 0.243 e. The molecule has 2 atom stereocenters. The Labute approximate surface area is 254 Å². The summed E-state index contributed by atoms with van der Waals surface area (Å²) in [5.41, 5.74) is 6.86. The number of rotatable bonds is 9. The molecule has 3 aromatic rings. The van der Waals surface area contributed by atoms with Crippen LogP contribution in [0.3, 0.4) is 0 Å². The fourth-order valence-electron chi connectivity index (χ4n) is 6.33. The summed E-state index contributed by atoms with van der Waals surface area (Å²) in [7, 11) is -3.94. The number of hydrogen-bond donors (Lipinski definition) is 3. The maximum atomic E-state index is 13.5. The molecule has 0 unspecified atom stereocenters. The fourth-order valence-corrected chi connectivity index (χ4v) is 7.92. The van der Waals surface area contributed by atoms with Gasteiger partial charge in [-0.25, -0.2) is 8.42 Å². The Hall–Kier alpha value is -3.53. The lowest BCUT2D eigenvalue weighted by atomic mass is 9.85. The average Bonchev–Trinajstić information content (AvgIpc) is 2.97. The predicted octanol–water partition coefficient (Wildman–Crippen LogP) is 4.38. The molecule has 43 heavy (non-hydrogen) atoms. The Bertz CT molecular complexity index is 1600. The van der Waals surface area contributed by atoms with Crippen LogP contribution in [0.4, 0.5) is 0 Å². The van der Waals surface area contributed by atoms with Gasteiger partial charge in [-0.05, 0) is 85.0 Å². The Morgan fingerprint density at radius 3 is 2.53 bits per heavy atom. The van der Waals surface area contributed by atoms with E-state index in [0.29, 0.717) is 6.04 Å². The molecule has 2 fully saturated rings. The zero-order valence-corrected chi connectivity index (χ0v) is 25.5. The van der Waals surface area contributed by atoms with E-state index in [1.54, 1.807) is 24.3 Å². The highest BCUT2D eigenvalue weighted by Gasteiger charge is 2.40. The molecule has 3 N–H and O–H groups in total. The van der Waals surface area contributed by atoms with E-state index in [1.807, 2.05) is 6.92 Å². The van der Waals surface area contributed by atoms with Gasteiger partial charge in [0.2, 0.25) is 21.8 Å². The molecule has 3 aliphatic rings. The van der Waals surface area contributed by atoms with Crippen LogP contribution in [0, 0.1) is 6.92 Å². The van der Waals surface area contributed by atoms with Gasteiger partial charge in [-0.3, -0.25) is 9.59 Å². The second-order valence-corrected chi connectivity index (χ2v) is 14.0. The summed E-state index contributed by atoms with van der Waals surface area (Å²) in [5.74, 6) is -0.782. The first-order valence-electron chi connectivity index (χ1n) is 15.4. The van der Waals surface area contributed by atoms with Crippen molar-refractivity contribution < 1.29 is 18.0 Å². The van der Waals surface area contributed by atoms with E-state index in [2.05, 4.69) is 58.4 Å². The number of carbonyl (C=O) groups is 2. The van der Waals surface area contributed by atoms with Gasteiger partial charge in [0, 0.05) is 25.7 Å². The van der Waals surface area contributed by atoms with Crippen molar-refractivity contribution in [3.05, 3.63) is 89.0 Å². The second kappa shape index (κ2) is 12.6. The third-order valence-electron chi connectivity index (χ3n) is 9.04. The predicted molar refractivity (Wildman–Crippen MR) is 167 cm³/mol. The number of fused-ring (bicyclic) bond motifs is 1. The zero-order chi connectivity index (χ0) is 30.0. The molecule has 1 aliphatic heterocycles. The second-order valence-electron chi connectivity index (χ2n) is 12.1. The quantitative estimate of drug-likeness (QED) is 0.338. The number of nitrogens with zero attached hydrogens (tertiary/aromatic N) is 1. The molecule has 2 aliphatic carbocycles. The van der Waals surface area contributed by atoms with E-state index in [1.165, 1.54) is 40.3 Å². The van der Waals surface area contributed by atoms with E-state index in [0.717, 1.165) is 42.5 Å². The van der Waals surface area contributed by atoms with Crippen LogP contribution in [-0.2, 0) is 32.6 Å². The third kappa shape index (κ3) is 6.54. The van der Waals surface area contributed by atoms with Gasteiger partial charge in [-0.1, -0.05) is 60.5 Å². The van der Waals surface area contributed by atoms with E-state index in [9.17, 15) is 18.0 Å². The molecule has 9 heteroatoms. The average molecular weight is 601 g/mol. The van der Waals surface area contributed by atoms with E-state index < -0.39 is 22.0 Å². The van der Waals surface area contributed by atoms with E-state index in [4.69, 9.17) is 0 Å². The molecule has 0 radical (unpaired) electrons. The van der Waals surface area contributed by atoms with Crippen molar-refractivity contribution in [3.63, 3.8) is 0 Å². The number of nitrogens with one attached hydrogen (secondary N) is 3. The van der Waals surface area contributed by atoms with Crippen molar-refractivity contribution >= 4 is 21.8 Å². The Kier molecular flexibility index (Phi) is 8.66. The van der Waals surface area contributed by atoms with Gasteiger partial charge in [0.25, 0.3) is 0 Å². The first kappa shape index (κ1) is 29.5. The SMILES string of the molecule is Cc1ccc(S(=O)(=O)N2CCNC(=O)[C@H]2CC(=O)N[C@@H]2CCCc3cc(-c4cccc(CNC5CCC5)c4)ccc32)cc1. The molecular weight excluding hydrogens is 560 g/mol. The normalized spacial score (nSPS) is 21.0. The minimum Gasteiger partial charge on any atom is -0.353 e. The maximum Gasteiger partial charge on any atom is 0.243 e. The molecule has 0 spiro atoms. The van der Waals surface area contributed by atoms with Crippen LogP contribution in [0.1, 0.15) is 66.8 Å². The summed E-state index contributed by atoms with van der Waals surface area (Å²) in [6.07, 6.45) is 6.28. The summed E-state index contributed by atoms with van der Waals surface area (Å²) in [5, 5.41) is 9.49. The van der Waals surface area contributed by atoms with Crippen molar-refractivity contribution in [2.24, 2.45) is 0 Å². The molecule has 0 aromatic heterocycles. The van der Waals surface area contributed by atoms with Crippen LogP contribution < -0.4 is 16.0 Å². The van der Waals surface area contributed by atoms with Crippen LogP contribution in [-0.4, -0.2) is 49.7 Å². The number of aryl methyl sites for hydroxylation is 2. The molecule has 8 nitrogen and oxygen atoms in total. The van der Waals surface area contributed by atoms with Crippen LogP contribution in [0.15, 0.2) is 71.6 Å². The van der Waals surface area contributed by atoms with Gasteiger partial charge in [0.05, 0.1) is 17.4 Å². The van der Waals surface area contributed by atoms with Crippen LogP contribution in [0.5, 0.6) is 0 Å². The lowest BCUT2D eigenvalue weighted by molar-refractivity contribution is -0.132. The zero-order valence-electron chi connectivity index (χ0n) is 24.6. The standard InChI is InChI=1S/C34H40N4O4S/c1-23-11-14-29(15-12-23)43(41,42)38-18-17-35-34(40)32(38)21-33(39)37-31-10-3-7-27-20-26(13-16-30(27)31)25-6-2-5-24(19-25)22-36-28-8-4-9-28/h2,5-6,11-16,19-20,28,31-32,36H,3-4,7-10,17-18,21-22H2,1H3,(H,35,40)(H,37,39)/t31-,32-/m1/s1. The fraction of sp³-hybridized carbons (Fsp3) is 0.412. The van der Waals surface area contributed by atoms with Crippen molar-refractivity contribution in [2.45, 2.75) is 81.4 Å². The lowest BCUT2D eigenvalue weighted by Gasteiger charge is -2.34. The Morgan fingerprint density at radius 2 is 1.77 bits per heavy atom. The summed E-state index contributed by atoms with van der Waals surface area (Å²) in [6, 6.07) is 21.0. The van der Waals surface area contributed by atoms with Gasteiger partial charge in [0.15, 0.2) is 0 Å². The third-order valence-corrected chi connectivity index (χ3v) is 11.0. The number of benzene rings is 3. The molecule has 1 saturated heterocycles. The largest absolute Gasteiger partial charge is 0.353 e. The maximum absolute atomic E-state index is 13.5. The first-order valence-corrected chi connectivity index (χ1v) is 16.8. The van der Waals surface area contributed by atoms with Crippen molar-refractivity contribution in [1.82, 2.24) is 20.3 Å². The highest BCUT2D eigenvalue weighted by atomic mass is 32.2. The summed E-state index contributed by atoms with van der Waals surface area (Å²) in [4.78, 5) is 26.3. The molecule has 226 valence electrons. The number of amides is 2. The highest BCUT2D eigenvalue weighted by Crippen LogP contribution is 2.34. The topological polar surface area (TPSA) is 108 Å². The molecule has 6 rings (SSSR count). The molecular formula is C34H40N4O4S. The molecule has 1 heterocycles. The van der Waals surface area contributed by atoms with Crippen LogP contribution in [0.25, 0.3) is 11.1 Å². The summed E-state index contributed by atoms with van der Waals surface area (Å²) < 4.78 is 28.1. The van der Waals surface area contributed by atoms with Gasteiger partial charge in [0.1, 0.15) is 6.04 Å². The van der Waals surface area contributed by atoms with E-state index in [-0.39, 0.29) is 36.4 Å². The molecule has 0 bridgehead atoms. The minimum absolute atomic E-state index is 0.118. The monoisotopic (exact) mass is 600 g/mol. The molecule has 1 saturated carbocycles.